The van der Waals surface area contributed by atoms with Crippen LogP contribution in [0.4, 0.5) is 10.1 Å². The number of halogens is 2. The summed E-state index contributed by atoms with van der Waals surface area (Å²) in [6.45, 7) is 0. The van der Waals surface area contributed by atoms with Gasteiger partial charge in [-0.05, 0) is 30.3 Å². The number of hydrogen-bond acceptors (Lipinski definition) is 4. The second kappa shape index (κ2) is 7.01. The molecule has 0 fully saturated rings. The molecule has 1 heterocycles. The molecule has 1 aromatic heterocycles. The van der Waals surface area contributed by atoms with E-state index in [2.05, 4.69) is 0 Å². The third-order valence-corrected chi connectivity index (χ3v) is 4.13. The van der Waals surface area contributed by atoms with E-state index >= 15 is 0 Å². The van der Waals surface area contributed by atoms with Crippen molar-refractivity contribution in [3.8, 4) is 11.1 Å². The topological polar surface area (TPSA) is 76.5 Å². The van der Waals surface area contributed by atoms with Crippen molar-refractivity contribution < 1.29 is 13.6 Å². The summed E-state index contributed by atoms with van der Waals surface area (Å²) in [6.07, 6.45) is 2.72. The third kappa shape index (κ3) is 3.60. The molecule has 0 unspecified atom stereocenters. The first-order valence-electron chi connectivity index (χ1n) is 7.59. The Hall–Kier alpha value is -3.12. The highest BCUT2D eigenvalue weighted by Crippen LogP contribution is 2.34. The van der Waals surface area contributed by atoms with Gasteiger partial charge in [-0.1, -0.05) is 11.6 Å². The summed E-state index contributed by atoms with van der Waals surface area (Å²) in [7, 11) is 1.72. The highest BCUT2D eigenvalue weighted by Gasteiger charge is 2.13. The number of rotatable bonds is 4. The van der Waals surface area contributed by atoms with E-state index in [-0.39, 0.29) is 5.02 Å². The largest absolute Gasteiger partial charge is 0.423 e. The van der Waals surface area contributed by atoms with E-state index in [1.165, 1.54) is 36.5 Å². The van der Waals surface area contributed by atoms with Crippen molar-refractivity contribution in [3.63, 3.8) is 0 Å². The molecule has 0 aliphatic carbocycles. The molecule has 0 bridgehead atoms. The van der Waals surface area contributed by atoms with Crippen molar-refractivity contribution in [2.45, 2.75) is 0 Å². The van der Waals surface area contributed by atoms with Gasteiger partial charge in [-0.25, -0.2) is 9.18 Å². The minimum Gasteiger partial charge on any atom is -0.423 e. The molecule has 26 heavy (non-hydrogen) atoms. The number of primary amides is 1. The van der Waals surface area contributed by atoms with Crippen LogP contribution in [0.15, 0.2) is 64.0 Å². The summed E-state index contributed by atoms with van der Waals surface area (Å²) in [6, 6.07) is 10.5. The molecule has 7 heteroatoms. The van der Waals surface area contributed by atoms with Gasteiger partial charge in [0, 0.05) is 53.7 Å². The summed E-state index contributed by atoms with van der Waals surface area (Å²) < 4.78 is 18.6. The van der Waals surface area contributed by atoms with Gasteiger partial charge < -0.3 is 15.1 Å². The number of amides is 1. The number of carbonyl (C=O) groups is 1. The van der Waals surface area contributed by atoms with Crippen LogP contribution in [0.2, 0.25) is 5.02 Å². The predicted molar refractivity (Wildman–Crippen MR) is 99.6 cm³/mol. The zero-order valence-corrected chi connectivity index (χ0v) is 14.5. The number of nitrogens with two attached hydrogens (primary N) is 1. The Labute approximate surface area is 153 Å². The van der Waals surface area contributed by atoms with Crippen LogP contribution in [0.5, 0.6) is 0 Å². The van der Waals surface area contributed by atoms with Gasteiger partial charge in [-0.15, -0.1) is 0 Å². The van der Waals surface area contributed by atoms with Gasteiger partial charge in [-0.2, -0.15) is 0 Å². The third-order valence-electron chi connectivity index (χ3n) is 3.82. The van der Waals surface area contributed by atoms with Gasteiger partial charge in [0.05, 0.1) is 5.02 Å². The zero-order chi connectivity index (χ0) is 18.8. The smallest absolute Gasteiger partial charge is 0.336 e. The molecule has 0 saturated carbocycles. The molecular weight excluding hydrogens is 359 g/mol. The molecule has 3 aromatic rings. The van der Waals surface area contributed by atoms with E-state index in [0.717, 1.165) is 0 Å². The minimum atomic E-state index is -0.572. The van der Waals surface area contributed by atoms with Crippen molar-refractivity contribution in [1.82, 2.24) is 0 Å². The van der Waals surface area contributed by atoms with Crippen LogP contribution in [0, 0.1) is 5.82 Å². The Morgan fingerprint density at radius 1 is 1.19 bits per heavy atom. The second-order valence-corrected chi connectivity index (χ2v) is 6.02. The fourth-order valence-electron chi connectivity index (χ4n) is 2.57. The average Bonchev–Trinajstić information content (AvgIpc) is 2.58. The van der Waals surface area contributed by atoms with Crippen LogP contribution < -0.4 is 16.3 Å². The summed E-state index contributed by atoms with van der Waals surface area (Å²) in [5.74, 6) is -1.03. The summed E-state index contributed by atoms with van der Waals surface area (Å²) in [5.41, 5.74) is 6.62. The molecule has 132 valence electrons. The molecule has 1 amide bonds. The lowest BCUT2D eigenvalue weighted by Crippen LogP contribution is -2.12. The predicted octanol–water partition coefficient (Wildman–Crippen LogP) is 3.69. The molecule has 0 spiro atoms. The number of anilines is 1. The van der Waals surface area contributed by atoms with Crippen LogP contribution in [-0.4, -0.2) is 13.0 Å². The van der Waals surface area contributed by atoms with Gasteiger partial charge in [0.25, 0.3) is 0 Å². The Morgan fingerprint density at radius 3 is 2.65 bits per heavy atom. The molecule has 0 atom stereocenters. The molecule has 0 saturated heterocycles. The Morgan fingerprint density at radius 2 is 1.96 bits per heavy atom. The molecule has 3 rings (SSSR count). The summed E-state index contributed by atoms with van der Waals surface area (Å²) >= 11 is 6.14. The lowest BCUT2D eigenvalue weighted by atomic mass is 10.0. The monoisotopic (exact) mass is 372 g/mol. The molecule has 5 nitrogen and oxygen atoms in total. The number of benzene rings is 2. The number of fused-ring (bicyclic) bond motifs is 1. The first-order chi connectivity index (χ1) is 12.3. The molecule has 0 radical (unpaired) electrons. The number of hydrogen-bond donors (Lipinski definition) is 1. The van der Waals surface area contributed by atoms with E-state index in [1.54, 1.807) is 30.1 Å². The van der Waals surface area contributed by atoms with Crippen molar-refractivity contribution >= 4 is 34.2 Å². The number of nitrogens with zero attached hydrogens (tertiary/aromatic N) is 1. The first kappa shape index (κ1) is 17.7. The van der Waals surface area contributed by atoms with Crippen LogP contribution in [0.25, 0.3) is 22.1 Å². The summed E-state index contributed by atoms with van der Waals surface area (Å²) in [5, 5.41) is 0.844. The summed E-state index contributed by atoms with van der Waals surface area (Å²) in [4.78, 5) is 24.5. The van der Waals surface area contributed by atoms with Crippen LogP contribution in [0.1, 0.15) is 0 Å². The van der Waals surface area contributed by atoms with E-state index in [9.17, 15) is 14.0 Å². The van der Waals surface area contributed by atoms with Crippen molar-refractivity contribution in [2.24, 2.45) is 5.73 Å². The zero-order valence-electron chi connectivity index (χ0n) is 13.7. The Balaban J connectivity index is 2.15. The first-order valence-corrected chi connectivity index (χ1v) is 7.97. The molecule has 2 N–H and O–H groups in total. The fraction of sp³-hybridized carbons (Fsp3) is 0.0526. The highest BCUT2D eigenvalue weighted by atomic mass is 35.5. The van der Waals surface area contributed by atoms with E-state index in [1.807, 2.05) is 0 Å². The maximum atomic E-state index is 13.3. The van der Waals surface area contributed by atoms with E-state index in [4.69, 9.17) is 21.8 Å². The van der Waals surface area contributed by atoms with Gasteiger partial charge in [0.15, 0.2) is 0 Å². The van der Waals surface area contributed by atoms with Crippen LogP contribution >= 0.6 is 11.6 Å². The van der Waals surface area contributed by atoms with Crippen molar-refractivity contribution in [3.05, 3.63) is 76.0 Å². The van der Waals surface area contributed by atoms with E-state index < -0.39 is 17.3 Å². The normalized spacial score (nSPS) is 11.2. The average molecular weight is 373 g/mol. The molecule has 2 aromatic carbocycles. The molecule has 0 aliphatic heterocycles. The fourth-order valence-corrected chi connectivity index (χ4v) is 2.84. The van der Waals surface area contributed by atoms with Gasteiger partial charge in [0.1, 0.15) is 11.4 Å². The molecular formula is C19H14ClFN2O3. The Bertz CT molecular complexity index is 1090. The number of carbonyl (C=O) groups excluding carboxylic acids is 1. The second-order valence-electron chi connectivity index (χ2n) is 5.61. The van der Waals surface area contributed by atoms with Crippen molar-refractivity contribution in [2.75, 3.05) is 11.9 Å². The van der Waals surface area contributed by atoms with E-state index in [0.29, 0.717) is 27.8 Å². The van der Waals surface area contributed by atoms with Gasteiger partial charge in [-0.3, -0.25) is 4.79 Å². The van der Waals surface area contributed by atoms with Crippen LogP contribution in [-0.2, 0) is 4.79 Å². The van der Waals surface area contributed by atoms with Gasteiger partial charge in [0.2, 0.25) is 5.91 Å². The standard InChI is InChI=1S/C19H14ClFN2O3/c1-23(7-6-18(22)24)12-3-5-14-15(10-19(25)26-17(14)9-12)13-4-2-11(21)8-16(13)20/h2-10H,1H3,(H2,22,24). The lowest BCUT2D eigenvalue weighted by molar-refractivity contribution is -0.113. The van der Waals surface area contributed by atoms with Gasteiger partial charge >= 0.3 is 5.63 Å². The van der Waals surface area contributed by atoms with Crippen molar-refractivity contribution in [1.29, 1.82) is 0 Å². The quantitative estimate of drug-likeness (QED) is 0.559. The molecule has 0 aliphatic rings. The SMILES string of the molecule is CN(C=CC(N)=O)c1ccc2c(-c3ccc(F)cc3Cl)cc(=O)oc2c1. The maximum Gasteiger partial charge on any atom is 0.336 e. The Kier molecular flexibility index (Phi) is 4.77. The highest BCUT2D eigenvalue weighted by molar-refractivity contribution is 6.33. The maximum absolute atomic E-state index is 13.3. The minimum absolute atomic E-state index is 0.197. The lowest BCUT2D eigenvalue weighted by Gasteiger charge is -2.15. The van der Waals surface area contributed by atoms with Crippen LogP contribution in [0.3, 0.4) is 0 Å².